The first-order chi connectivity index (χ1) is 11.9. The Balaban J connectivity index is 1.99. The predicted molar refractivity (Wildman–Crippen MR) is 98.1 cm³/mol. The van der Waals surface area contributed by atoms with Crippen molar-refractivity contribution >= 4 is 29.0 Å². The largest absolute Gasteiger partial charge is 0.375 e. The van der Waals surface area contributed by atoms with Gasteiger partial charge in [0.2, 0.25) is 0 Å². The number of carbonyl (C=O) groups is 2. The second-order valence-corrected chi connectivity index (χ2v) is 6.88. The number of nitrogens with zero attached hydrogens (tertiary/aromatic N) is 1. The van der Waals surface area contributed by atoms with Crippen LogP contribution in [0.5, 0.6) is 0 Å². The fourth-order valence-electron chi connectivity index (χ4n) is 3.21. The smallest absolute Gasteiger partial charge is 0.264 e. The average molecular weight is 358 g/mol. The molecule has 0 unspecified atom stereocenters. The van der Waals surface area contributed by atoms with Crippen molar-refractivity contribution in [2.24, 2.45) is 0 Å². The lowest BCUT2D eigenvalue weighted by Gasteiger charge is -2.22. The van der Waals surface area contributed by atoms with Crippen molar-refractivity contribution in [2.45, 2.75) is 32.3 Å². The minimum Gasteiger partial charge on any atom is -0.375 e. The molecule has 25 heavy (non-hydrogen) atoms. The van der Waals surface area contributed by atoms with Crippen molar-refractivity contribution < 1.29 is 14.7 Å². The third-order valence-electron chi connectivity index (χ3n) is 4.53. The number of hydrogen-bond acceptors (Lipinski definition) is 3. The minimum atomic E-state index is -1.88. The molecule has 2 aromatic carbocycles. The number of carbonyl (C=O) groups excluding carboxylic acids is 2. The van der Waals surface area contributed by atoms with Crippen LogP contribution in [0.4, 0.5) is 5.69 Å². The Morgan fingerprint density at radius 3 is 2.52 bits per heavy atom. The topological polar surface area (TPSA) is 57.6 Å². The first-order valence-corrected chi connectivity index (χ1v) is 8.69. The van der Waals surface area contributed by atoms with E-state index in [9.17, 15) is 14.7 Å². The van der Waals surface area contributed by atoms with Gasteiger partial charge in [-0.05, 0) is 31.5 Å². The van der Waals surface area contributed by atoms with Crippen LogP contribution in [-0.4, -0.2) is 23.3 Å². The van der Waals surface area contributed by atoms with E-state index in [-0.39, 0.29) is 12.2 Å². The van der Waals surface area contributed by atoms with Gasteiger partial charge in [0.1, 0.15) is 0 Å². The van der Waals surface area contributed by atoms with Gasteiger partial charge in [-0.1, -0.05) is 48.4 Å². The number of fused-ring (bicyclic) bond motifs is 1. The van der Waals surface area contributed by atoms with Gasteiger partial charge in [-0.15, -0.1) is 0 Å². The number of benzene rings is 2. The van der Waals surface area contributed by atoms with E-state index >= 15 is 0 Å². The highest BCUT2D eigenvalue weighted by Crippen LogP contribution is 2.44. The maximum absolute atomic E-state index is 12.9. The number of amides is 1. The first kappa shape index (κ1) is 17.6. The Morgan fingerprint density at radius 2 is 1.88 bits per heavy atom. The van der Waals surface area contributed by atoms with Crippen molar-refractivity contribution in [1.29, 1.82) is 0 Å². The molecule has 0 fully saturated rings. The summed E-state index contributed by atoms with van der Waals surface area (Å²) < 4.78 is 0. The number of aryl methyl sites for hydroxylation is 1. The van der Waals surface area contributed by atoms with Crippen molar-refractivity contribution in [3.8, 4) is 0 Å². The van der Waals surface area contributed by atoms with E-state index in [1.54, 1.807) is 30.3 Å². The molecule has 1 N–H and O–H groups in total. The zero-order valence-electron chi connectivity index (χ0n) is 14.3. The molecule has 0 spiro atoms. The zero-order chi connectivity index (χ0) is 18.2. The zero-order valence-corrected chi connectivity index (χ0v) is 15.0. The summed E-state index contributed by atoms with van der Waals surface area (Å²) in [5.41, 5.74) is 0.661. The second-order valence-electron chi connectivity index (χ2n) is 6.44. The van der Waals surface area contributed by atoms with Crippen LogP contribution in [0.1, 0.15) is 41.3 Å². The summed E-state index contributed by atoms with van der Waals surface area (Å²) in [4.78, 5) is 27.1. The summed E-state index contributed by atoms with van der Waals surface area (Å²) in [5, 5.41) is 11.6. The van der Waals surface area contributed by atoms with Crippen LogP contribution < -0.4 is 4.90 Å². The fourth-order valence-corrected chi connectivity index (χ4v) is 3.39. The van der Waals surface area contributed by atoms with Crippen LogP contribution in [0.15, 0.2) is 42.5 Å². The van der Waals surface area contributed by atoms with Gasteiger partial charge < -0.3 is 10.0 Å². The second kappa shape index (κ2) is 6.62. The number of halogens is 1. The Hall–Kier alpha value is -2.17. The van der Waals surface area contributed by atoms with Gasteiger partial charge in [0, 0.05) is 22.7 Å². The molecule has 1 aliphatic rings. The van der Waals surface area contributed by atoms with E-state index in [1.165, 1.54) is 4.90 Å². The van der Waals surface area contributed by atoms with E-state index in [1.807, 2.05) is 26.0 Å². The molecule has 0 bridgehead atoms. The maximum Gasteiger partial charge on any atom is 0.264 e. The number of Topliss-reactive ketones (excluding diaryl/α,β-unsaturated/α-hetero) is 1. The molecule has 1 aliphatic heterocycles. The van der Waals surface area contributed by atoms with Gasteiger partial charge >= 0.3 is 0 Å². The molecule has 5 heteroatoms. The van der Waals surface area contributed by atoms with Gasteiger partial charge in [0.05, 0.1) is 12.1 Å². The van der Waals surface area contributed by atoms with Crippen LogP contribution in [0.3, 0.4) is 0 Å². The molecule has 0 aliphatic carbocycles. The third kappa shape index (κ3) is 3.08. The van der Waals surface area contributed by atoms with E-state index < -0.39 is 11.5 Å². The van der Waals surface area contributed by atoms with Crippen LogP contribution in [0.2, 0.25) is 5.02 Å². The lowest BCUT2D eigenvalue weighted by atomic mass is 9.88. The van der Waals surface area contributed by atoms with Gasteiger partial charge in [-0.2, -0.15) is 0 Å². The van der Waals surface area contributed by atoms with Crippen LogP contribution in [0, 0.1) is 6.92 Å². The lowest BCUT2D eigenvalue weighted by molar-refractivity contribution is -0.135. The van der Waals surface area contributed by atoms with Crippen LogP contribution >= 0.6 is 11.6 Å². The van der Waals surface area contributed by atoms with Crippen molar-refractivity contribution in [2.75, 3.05) is 11.4 Å². The van der Waals surface area contributed by atoms with Crippen LogP contribution in [0.25, 0.3) is 0 Å². The molecule has 130 valence electrons. The summed E-state index contributed by atoms with van der Waals surface area (Å²) in [6.07, 6.45) is 0.443. The molecule has 0 aromatic heterocycles. The van der Waals surface area contributed by atoms with Crippen LogP contribution in [-0.2, 0) is 10.4 Å². The molecule has 3 rings (SSSR count). The predicted octanol–water partition coefficient (Wildman–Crippen LogP) is 3.87. The van der Waals surface area contributed by atoms with E-state index in [0.29, 0.717) is 28.4 Å². The summed E-state index contributed by atoms with van der Waals surface area (Å²) in [7, 11) is 0. The number of ketones is 1. The molecule has 0 saturated carbocycles. The van der Waals surface area contributed by atoms with E-state index in [2.05, 4.69) is 0 Å². The SMILES string of the molecule is CCCN1C(=O)[C@@](O)(CC(=O)c2ccc(C)cc2)c2cc(Cl)ccc21. The van der Waals surface area contributed by atoms with Gasteiger partial charge in [-0.3, -0.25) is 9.59 Å². The number of rotatable bonds is 5. The van der Waals surface area contributed by atoms with Crippen molar-refractivity contribution in [3.63, 3.8) is 0 Å². The van der Waals surface area contributed by atoms with E-state index in [4.69, 9.17) is 11.6 Å². The highest BCUT2D eigenvalue weighted by molar-refractivity contribution is 6.31. The fraction of sp³-hybridized carbons (Fsp3) is 0.300. The third-order valence-corrected chi connectivity index (χ3v) is 4.77. The van der Waals surface area contributed by atoms with Crippen molar-refractivity contribution in [3.05, 3.63) is 64.2 Å². The molecule has 1 heterocycles. The molecular weight excluding hydrogens is 338 g/mol. The summed E-state index contributed by atoms with van der Waals surface area (Å²) in [6.45, 7) is 4.37. The molecule has 1 amide bonds. The van der Waals surface area contributed by atoms with E-state index in [0.717, 1.165) is 12.0 Å². The summed E-state index contributed by atoms with van der Waals surface area (Å²) >= 11 is 6.07. The number of hydrogen-bond donors (Lipinski definition) is 1. The van der Waals surface area contributed by atoms with Gasteiger partial charge in [0.15, 0.2) is 11.4 Å². The lowest BCUT2D eigenvalue weighted by Crippen LogP contribution is -2.42. The molecule has 2 aromatic rings. The quantitative estimate of drug-likeness (QED) is 0.826. The molecule has 1 atom stereocenters. The monoisotopic (exact) mass is 357 g/mol. The van der Waals surface area contributed by atoms with Gasteiger partial charge in [-0.25, -0.2) is 0 Å². The Morgan fingerprint density at radius 1 is 1.20 bits per heavy atom. The highest BCUT2D eigenvalue weighted by atomic mass is 35.5. The molecular formula is C20H20ClNO3. The summed E-state index contributed by atoms with van der Waals surface area (Å²) in [5.74, 6) is -0.743. The Labute approximate surface area is 152 Å². The van der Waals surface area contributed by atoms with Crippen molar-refractivity contribution in [1.82, 2.24) is 0 Å². The number of aliphatic hydroxyl groups is 1. The van der Waals surface area contributed by atoms with Gasteiger partial charge in [0.25, 0.3) is 5.91 Å². The minimum absolute atomic E-state index is 0.278. The Bertz CT molecular complexity index is 831. The Kier molecular flexibility index (Phi) is 4.67. The molecule has 4 nitrogen and oxygen atoms in total. The standard InChI is InChI=1S/C20H20ClNO3/c1-3-10-22-17-9-8-15(21)11-16(17)20(25,19(22)24)12-18(23)14-6-4-13(2)5-7-14/h4-9,11,25H,3,10,12H2,1-2H3/t20-/m1/s1. The normalized spacial score (nSPS) is 19.2. The number of anilines is 1. The molecule has 0 radical (unpaired) electrons. The average Bonchev–Trinajstić information content (AvgIpc) is 2.77. The highest BCUT2D eigenvalue weighted by Gasteiger charge is 2.50. The first-order valence-electron chi connectivity index (χ1n) is 8.31. The molecule has 0 saturated heterocycles. The maximum atomic E-state index is 12.9. The summed E-state index contributed by atoms with van der Waals surface area (Å²) in [6, 6.07) is 12.1.